The lowest BCUT2D eigenvalue weighted by atomic mass is 10.2. The molecule has 6 heteroatoms. The average molecular weight is 213 g/mol. The average Bonchev–Trinajstić information content (AvgIpc) is 2.56. The number of rotatable bonds is 2. The monoisotopic (exact) mass is 212 g/mol. The molecule has 74 valence electrons. The quantitative estimate of drug-likeness (QED) is 0.755. The van der Waals surface area contributed by atoms with E-state index in [9.17, 15) is 0 Å². The van der Waals surface area contributed by atoms with Crippen LogP contribution < -0.4 is 5.73 Å². The Bertz CT molecular complexity index is 456. The Morgan fingerprint density at radius 2 is 2.43 bits per heavy atom. The van der Waals surface area contributed by atoms with Crippen molar-refractivity contribution < 1.29 is 5.11 Å². The molecule has 0 bridgehead atoms. The van der Waals surface area contributed by atoms with Crippen LogP contribution in [-0.2, 0) is 0 Å². The molecule has 2 aromatic heterocycles. The third kappa shape index (κ3) is 1.35. The lowest BCUT2D eigenvalue weighted by molar-refractivity contribution is 0.266. The van der Waals surface area contributed by atoms with E-state index in [-0.39, 0.29) is 6.61 Å². The van der Waals surface area contributed by atoms with E-state index in [0.29, 0.717) is 16.5 Å². The first-order valence-corrected chi connectivity index (χ1v) is 4.45. The molecule has 14 heavy (non-hydrogen) atoms. The van der Waals surface area contributed by atoms with Crippen molar-refractivity contribution in [3.8, 4) is 0 Å². The van der Waals surface area contributed by atoms with Crippen LogP contribution in [0.15, 0.2) is 18.6 Å². The van der Waals surface area contributed by atoms with Gasteiger partial charge in [0.25, 0.3) is 0 Å². The second-order valence-electron chi connectivity index (χ2n) is 2.89. The molecule has 0 radical (unpaired) electrons. The largest absolute Gasteiger partial charge is 0.394 e. The first kappa shape index (κ1) is 9.39. The third-order valence-electron chi connectivity index (χ3n) is 1.94. The van der Waals surface area contributed by atoms with Crippen LogP contribution in [0, 0.1) is 0 Å². The number of hydrogen-bond donors (Lipinski definition) is 2. The molecule has 0 amide bonds. The summed E-state index contributed by atoms with van der Waals surface area (Å²) in [4.78, 5) is 8.10. The van der Waals surface area contributed by atoms with Gasteiger partial charge in [-0.05, 0) is 6.07 Å². The molecule has 2 heterocycles. The molecule has 2 aromatic rings. The molecule has 1 atom stereocenters. The molecule has 0 aromatic carbocycles. The first-order chi connectivity index (χ1) is 6.74. The summed E-state index contributed by atoms with van der Waals surface area (Å²) < 4.78 is 1.62. The number of aromatic nitrogens is 3. The molecule has 0 spiro atoms. The van der Waals surface area contributed by atoms with Gasteiger partial charge in [-0.25, -0.2) is 9.97 Å². The summed E-state index contributed by atoms with van der Waals surface area (Å²) in [7, 11) is 0. The van der Waals surface area contributed by atoms with Crippen molar-refractivity contribution in [3.05, 3.63) is 29.4 Å². The Balaban J connectivity index is 2.62. The van der Waals surface area contributed by atoms with Crippen LogP contribution in [0.2, 0.25) is 5.15 Å². The Hall–Kier alpha value is -1.17. The van der Waals surface area contributed by atoms with E-state index in [0.717, 1.165) is 0 Å². The second kappa shape index (κ2) is 3.53. The zero-order valence-corrected chi connectivity index (χ0v) is 8.02. The Morgan fingerprint density at radius 1 is 1.64 bits per heavy atom. The number of hydrogen-bond acceptors (Lipinski definition) is 4. The van der Waals surface area contributed by atoms with Crippen LogP contribution in [0.4, 0.5) is 0 Å². The summed E-state index contributed by atoms with van der Waals surface area (Å²) in [5.41, 5.74) is 6.79. The van der Waals surface area contributed by atoms with Crippen molar-refractivity contribution in [2.45, 2.75) is 6.04 Å². The van der Waals surface area contributed by atoms with Crippen LogP contribution in [0.1, 0.15) is 11.7 Å². The smallest absolute Gasteiger partial charge is 0.141 e. The molecular weight excluding hydrogens is 204 g/mol. The molecule has 2 rings (SSSR count). The lowest BCUT2D eigenvalue weighted by Crippen LogP contribution is -2.15. The molecule has 1 unspecified atom stereocenters. The third-order valence-corrected chi connectivity index (χ3v) is 2.32. The zero-order valence-electron chi connectivity index (χ0n) is 7.26. The lowest BCUT2D eigenvalue weighted by Gasteiger charge is -2.03. The van der Waals surface area contributed by atoms with Gasteiger partial charge in [-0.15, -0.1) is 0 Å². The molecular formula is C8H9ClN4O. The molecule has 0 aliphatic rings. The summed E-state index contributed by atoms with van der Waals surface area (Å²) in [6.45, 7) is -0.184. The highest BCUT2D eigenvalue weighted by Crippen LogP contribution is 2.21. The van der Waals surface area contributed by atoms with Gasteiger partial charge in [-0.2, -0.15) is 0 Å². The van der Waals surface area contributed by atoms with E-state index < -0.39 is 6.04 Å². The standard InChI is InChI=1S/C8H9ClN4O/c9-8-7(5(10)3-14)12-6-1-2-11-4-13(6)8/h1-2,4-5,14H,3,10H2. The SMILES string of the molecule is NC(CO)c1nc2ccncn2c1Cl. The fourth-order valence-corrected chi connectivity index (χ4v) is 1.52. The highest BCUT2D eigenvalue weighted by Gasteiger charge is 2.15. The van der Waals surface area contributed by atoms with Gasteiger partial charge in [0.15, 0.2) is 0 Å². The van der Waals surface area contributed by atoms with Crippen molar-refractivity contribution in [2.24, 2.45) is 5.73 Å². The summed E-state index contributed by atoms with van der Waals surface area (Å²) in [5, 5.41) is 9.29. The van der Waals surface area contributed by atoms with Gasteiger partial charge in [0.05, 0.1) is 18.3 Å². The number of imidazole rings is 1. The fourth-order valence-electron chi connectivity index (χ4n) is 1.21. The maximum absolute atomic E-state index is 8.89. The molecule has 0 saturated carbocycles. The van der Waals surface area contributed by atoms with Crippen LogP contribution in [0.5, 0.6) is 0 Å². The van der Waals surface area contributed by atoms with Crippen LogP contribution >= 0.6 is 11.6 Å². The Labute approximate surface area is 85.2 Å². The van der Waals surface area contributed by atoms with Crippen LogP contribution in [0.3, 0.4) is 0 Å². The van der Waals surface area contributed by atoms with Gasteiger partial charge in [0, 0.05) is 6.20 Å². The van der Waals surface area contributed by atoms with Crippen molar-refractivity contribution >= 4 is 17.2 Å². The van der Waals surface area contributed by atoms with Crippen LogP contribution in [0.25, 0.3) is 5.65 Å². The highest BCUT2D eigenvalue weighted by molar-refractivity contribution is 6.30. The number of halogens is 1. The molecule has 0 fully saturated rings. The van der Waals surface area contributed by atoms with Gasteiger partial charge in [-0.3, -0.25) is 4.40 Å². The van der Waals surface area contributed by atoms with Gasteiger partial charge < -0.3 is 10.8 Å². The number of fused-ring (bicyclic) bond motifs is 1. The summed E-state index contributed by atoms with van der Waals surface area (Å²) >= 11 is 6.00. The van der Waals surface area contributed by atoms with E-state index in [1.54, 1.807) is 23.0 Å². The minimum atomic E-state index is -0.553. The van der Waals surface area contributed by atoms with Crippen molar-refractivity contribution in [3.63, 3.8) is 0 Å². The van der Waals surface area contributed by atoms with Gasteiger partial charge >= 0.3 is 0 Å². The maximum atomic E-state index is 8.89. The van der Waals surface area contributed by atoms with Crippen LogP contribution in [-0.4, -0.2) is 26.1 Å². The predicted octanol–water partition coefficient (Wildman–Crippen LogP) is 0.375. The Morgan fingerprint density at radius 3 is 3.07 bits per heavy atom. The topological polar surface area (TPSA) is 76.4 Å². The summed E-state index contributed by atoms with van der Waals surface area (Å²) in [5.74, 6) is 0. The van der Waals surface area contributed by atoms with Crippen molar-refractivity contribution in [1.29, 1.82) is 0 Å². The molecule has 0 saturated heterocycles. The maximum Gasteiger partial charge on any atom is 0.141 e. The second-order valence-corrected chi connectivity index (χ2v) is 3.24. The predicted molar refractivity (Wildman–Crippen MR) is 52.0 cm³/mol. The molecule has 0 aliphatic carbocycles. The normalized spacial score (nSPS) is 13.4. The van der Waals surface area contributed by atoms with Gasteiger partial charge in [-0.1, -0.05) is 11.6 Å². The highest BCUT2D eigenvalue weighted by atomic mass is 35.5. The number of nitrogens with two attached hydrogens (primary N) is 1. The minimum absolute atomic E-state index is 0.184. The van der Waals surface area contributed by atoms with E-state index >= 15 is 0 Å². The molecule has 0 aliphatic heterocycles. The fraction of sp³-hybridized carbons (Fsp3) is 0.250. The number of aliphatic hydroxyl groups is 1. The van der Waals surface area contributed by atoms with E-state index in [1.807, 2.05) is 0 Å². The van der Waals surface area contributed by atoms with E-state index in [4.69, 9.17) is 22.4 Å². The van der Waals surface area contributed by atoms with E-state index in [1.165, 1.54) is 0 Å². The van der Waals surface area contributed by atoms with Crippen molar-refractivity contribution in [1.82, 2.24) is 14.4 Å². The number of nitrogens with zero attached hydrogens (tertiary/aromatic N) is 3. The number of aliphatic hydroxyl groups excluding tert-OH is 1. The first-order valence-electron chi connectivity index (χ1n) is 4.08. The Kier molecular flexibility index (Phi) is 2.37. The minimum Gasteiger partial charge on any atom is -0.394 e. The zero-order chi connectivity index (χ0) is 10.1. The van der Waals surface area contributed by atoms with Gasteiger partial charge in [0.1, 0.15) is 17.1 Å². The molecule has 3 N–H and O–H groups in total. The van der Waals surface area contributed by atoms with Gasteiger partial charge in [0.2, 0.25) is 0 Å². The summed E-state index contributed by atoms with van der Waals surface area (Å²) in [6, 6.07) is 1.17. The molecule has 5 nitrogen and oxygen atoms in total. The van der Waals surface area contributed by atoms with Crippen molar-refractivity contribution in [2.75, 3.05) is 6.61 Å². The van der Waals surface area contributed by atoms with E-state index in [2.05, 4.69) is 9.97 Å². The summed E-state index contributed by atoms with van der Waals surface area (Å²) in [6.07, 6.45) is 3.17.